The van der Waals surface area contributed by atoms with Gasteiger partial charge in [0.1, 0.15) is 0 Å². The normalized spacial score (nSPS) is 11.1. The van der Waals surface area contributed by atoms with E-state index in [-0.39, 0.29) is 12.2 Å². The molecular weight excluding hydrogens is 463 g/mol. The Kier molecular flexibility index (Phi) is 5.95. The number of aliphatic carboxylic acids is 1. The smallest absolute Gasteiger partial charge is 0.305 e. The molecule has 0 heterocycles. The number of anilines is 1. The molecule has 0 aliphatic carbocycles. The Hall–Kier alpha value is -2.21. The van der Waals surface area contributed by atoms with Gasteiger partial charge in [-0.25, -0.2) is 8.42 Å². The van der Waals surface area contributed by atoms with Gasteiger partial charge in [-0.2, -0.15) is 0 Å². The maximum Gasteiger partial charge on any atom is 0.305 e. The minimum Gasteiger partial charge on any atom is -0.481 e. The number of carbonyl (C=O) groups is 1. The maximum atomic E-state index is 13.0. The van der Waals surface area contributed by atoms with Gasteiger partial charge in [0, 0.05) is 16.2 Å². The number of halogens is 1. The van der Waals surface area contributed by atoms with Gasteiger partial charge in [-0.05, 0) is 40.8 Å². The van der Waals surface area contributed by atoms with Crippen molar-refractivity contribution in [3.63, 3.8) is 0 Å². The first kappa shape index (κ1) is 19.1. The number of para-hydroxylation sites is 2. The van der Waals surface area contributed by atoms with Crippen LogP contribution in [0.3, 0.4) is 0 Å². The highest BCUT2D eigenvalue weighted by Crippen LogP contribution is 2.32. The van der Waals surface area contributed by atoms with Crippen LogP contribution < -0.4 is 4.31 Å². The van der Waals surface area contributed by atoms with E-state index in [4.69, 9.17) is 5.11 Å². The fourth-order valence-corrected chi connectivity index (χ4v) is 4.65. The SMILES string of the molecule is O=C(O)CCN(c1ccccc1I)S(=O)(=O)c1ccccc1[N+](=O)[O-]. The van der Waals surface area contributed by atoms with Crippen molar-refractivity contribution in [2.75, 3.05) is 10.8 Å². The molecule has 1 N–H and O–H groups in total. The van der Waals surface area contributed by atoms with Crippen molar-refractivity contribution < 1.29 is 23.2 Å². The first-order valence-electron chi connectivity index (χ1n) is 6.97. The molecule has 132 valence electrons. The second-order valence-electron chi connectivity index (χ2n) is 4.90. The summed E-state index contributed by atoms with van der Waals surface area (Å²) in [5.41, 5.74) is -0.295. The first-order valence-corrected chi connectivity index (χ1v) is 9.49. The molecule has 0 radical (unpaired) electrons. The van der Waals surface area contributed by atoms with Crippen LogP contribution in [0.1, 0.15) is 6.42 Å². The number of nitro groups is 1. The molecule has 0 saturated heterocycles. The Balaban J connectivity index is 2.62. The largest absolute Gasteiger partial charge is 0.481 e. The van der Waals surface area contributed by atoms with E-state index in [0.717, 1.165) is 16.4 Å². The third-order valence-electron chi connectivity index (χ3n) is 3.28. The van der Waals surface area contributed by atoms with Crippen LogP contribution in [0, 0.1) is 13.7 Å². The van der Waals surface area contributed by atoms with Gasteiger partial charge in [0.25, 0.3) is 15.7 Å². The Morgan fingerprint density at radius 1 is 1.16 bits per heavy atom. The van der Waals surface area contributed by atoms with E-state index < -0.39 is 37.9 Å². The van der Waals surface area contributed by atoms with Crippen LogP contribution in [0.4, 0.5) is 11.4 Å². The molecule has 0 aliphatic rings. The molecule has 2 aromatic carbocycles. The van der Waals surface area contributed by atoms with E-state index in [1.807, 2.05) is 22.6 Å². The molecule has 0 unspecified atom stereocenters. The van der Waals surface area contributed by atoms with Gasteiger partial charge in [0.2, 0.25) is 0 Å². The predicted octanol–water partition coefficient (Wildman–Crippen LogP) is 2.87. The lowest BCUT2D eigenvalue weighted by Crippen LogP contribution is -2.34. The van der Waals surface area contributed by atoms with Crippen LogP contribution in [0.15, 0.2) is 53.4 Å². The number of carboxylic acids is 1. The van der Waals surface area contributed by atoms with Crippen molar-refractivity contribution in [1.29, 1.82) is 0 Å². The van der Waals surface area contributed by atoms with Gasteiger partial charge in [-0.15, -0.1) is 0 Å². The summed E-state index contributed by atoms with van der Waals surface area (Å²) < 4.78 is 27.6. The minimum absolute atomic E-state index is 0.266. The number of benzene rings is 2. The highest BCUT2D eigenvalue weighted by atomic mass is 127. The standard InChI is InChI=1S/C15H13IN2O6S/c16-11-5-1-2-6-12(11)17(10-9-15(19)20)25(23,24)14-8-4-3-7-13(14)18(21)22/h1-8H,9-10H2,(H,19,20). The zero-order chi connectivity index (χ0) is 18.6. The number of carboxylic acid groups (broad SMARTS) is 1. The average molecular weight is 476 g/mol. The molecule has 10 heteroatoms. The fraction of sp³-hybridized carbons (Fsp3) is 0.133. The van der Waals surface area contributed by atoms with Crippen LogP contribution >= 0.6 is 22.6 Å². The molecule has 0 spiro atoms. The average Bonchev–Trinajstić information content (AvgIpc) is 2.56. The number of hydrogen-bond acceptors (Lipinski definition) is 5. The zero-order valence-corrected chi connectivity index (χ0v) is 15.7. The molecule has 0 aromatic heterocycles. The van der Waals surface area contributed by atoms with Gasteiger partial charge < -0.3 is 5.11 Å². The summed E-state index contributed by atoms with van der Waals surface area (Å²) in [4.78, 5) is 20.9. The lowest BCUT2D eigenvalue weighted by atomic mass is 10.3. The van der Waals surface area contributed by atoms with Crippen LogP contribution in [-0.2, 0) is 14.8 Å². The number of sulfonamides is 1. The molecule has 0 aliphatic heterocycles. The van der Waals surface area contributed by atoms with Gasteiger partial charge >= 0.3 is 5.97 Å². The summed E-state index contributed by atoms with van der Waals surface area (Å²) in [7, 11) is -4.32. The summed E-state index contributed by atoms with van der Waals surface area (Å²) >= 11 is 1.93. The summed E-state index contributed by atoms with van der Waals surface area (Å²) in [6, 6.07) is 11.5. The van der Waals surface area contributed by atoms with E-state index in [9.17, 15) is 23.3 Å². The summed E-state index contributed by atoms with van der Waals surface area (Å²) in [5, 5.41) is 20.1. The van der Waals surface area contributed by atoms with E-state index in [0.29, 0.717) is 3.57 Å². The maximum absolute atomic E-state index is 13.0. The van der Waals surface area contributed by atoms with Crippen molar-refractivity contribution in [2.24, 2.45) is 0 Å². The van der Waals surface area contributed by atoms with Gasteiger partial charge in [0.15, 0.2) is 4.90 Å². The van der Waals surface area contributed by atoms with E-state index in [1.54, 1.807) is 18.2 Å². The van der Waals surface area contributed by atoms with Gasteiger partial charge in [-0.3, -0.25) is 19.2 Å². The van der Waals surface area contributed by atoms with Crippen LogP contribution in [-0.4, -0.2) is 31.0 Å². The Morgan fingerprint density at radius 2 is 1.76 bits per heavy atom. The summed E-state index contributed by atoms with van der Waals surface area (Å²) in [5.74, 6) is -1.17. The molecule has 8 nitrogen and oxygen atoms in total. The third kappa shape index (κ3) is 4.25. The Labute approximate surface area is 157 Å². The molecule has 2 rings (SSSR count). The quantitative estimate of drug-likeness (QED) is 0.373. The van der Waals surface area contributed by atoms with Crippen molar-refractivity contribution in [3.8, 4) is 0 Å². The van der Waals surface area contributed by atoms with Crippen LogP contribution in [0.2, 0.25) is 0 Å². The minimum atomic E-state index is -4.32. The Morgan fingerprint density at radius 3 is 2.36 bits per heavy atom. The van der Waals surface area contributed by atoms with Crippen molar-refractivity contribution in [2.45, 2.75) is 11.3 Å². The van der Waals surface area contributed by atoms with Crippen molar-refractivity contribution >= 4 is 50.0 Å². The van der Waals surface area contributed by atoms with E-state index in [1.165, 1.54) is 18.2 Å². The monoisotopic (exact) mass is 476 g/mol. The molecular formula is C15H13IN2O6S. The van der Waals surface area contributed by atoms with E-state index in [2.05, 4.69) is 0 Å². The lowest BCUT2D eigenvalue weighted by Gasteiger charge is -2.24. The number of hydrogen-bond donors (Lipinski definition) is 1. The van der Waals surface area contributed by atoms with Crippen LogP contribution in [0.5, 0.6) is 0 Å². The fourth-order valence-electron chi connectivity index (χ4n) is 2.17. The molecule has 25 heavy (non-hydrogen) atoms. The molecule has 0 amide bonds. The number of nitrogens with zero attached hydrogens (tertiary/aromatic N) is 2. The first-order chi connectivity index (χ1) is 11.7. The molecule has 0 fully saturated rings. The third-order valence-corrected chi connectivity index (χ3v) is 6.05. The zero-order valence-electron chi connectivity index (χ0n) is 12.7. The van der Waals surface area contributed by atoms with Crippen molar-refractivity contribution in [1.82, 2.24) is 0 Å². The second-order valence-corrected chi connectivity index (χ2v) is 7.89. The van der Waals surface area contributed by atoms with Crippen molar-refractivity contribution in [3.05, 3.63) is 62.2 Å². The number of rotatable bonds is 7. The molecule has 0 saturated carbocycles. The topological polar surface area (TPSA) is 118 Å². The Bertz CT molecular complexity index is 916. The van der Waals surface area contributed by atoms with Gasteiger partial charge in [0.05, 0.1) is 17.0 Å². The highest BCUT2D eigenvalue weighted by Gasteiger charge is 2.32. The predicted molar refractivity (Wildman–Crippen MR) is 99.0 cm³/mol. The summed E-state index contributed by atoms with van der Waals surface area (Å²) in [6.45, 7) is -0.344. The molecule has 0 bridgehead atoms. The molecule has 0 atom stereocenters. The highest BCUT2D eigenvalue weighted by molar-refractivity contribution is 14.1. The van der Waals surface area contributed by atoms with E-state index >= 15 is 0 Å². The second kappa shape index (κ2) is 7.78. The molecule has 2 aromatic rings. The number of nitro benzene ring substituents is 1. The van der Waals surface area contributed by atoms with Crippen LogP contribution in [0.25, 0.3) is 0 Å². The lowest BCUT2D eigenvalue weighted by molar-refractivity contribution is -0.387. The summed E-state index contributed by atoms with van der Waals surface area (Å²) in [6.07, 6.45) is -0.440. The van der Waals surface area contributed by atoms with Gasteiger partial charge in [-0.1, -0.05) is 24.3 Å².